The lowest BCUT2D eigenvalue weighted by molar-refractivity contribution is -0.128. The number of benzene rings is 2. The van der Waals surface area contributed by atoms with Crippen LogP contribution in [0.2, 0.25) is 0 Å². The van der Waals surface area contributed by atoms with Crippen LogP contribution in [0.15, 0.2) is 42.5 Å². The van der Waals surface area contributed by atoms with Gasteiger partial charge in [0.15, 0.2) is 0 Å². The summed E-state index contributed by atoms with van der Waals surface area (Å²) in [5.74, 6) is 1.48. The minimum Gasteiger partial charge on any atom is -0.493 e. The molecule has 1 N–H and O–H groups in total. The Bertz CT molecular complexity index is 927. The van der Waals surface area contributed by atoms with E-state index in [9.17, 15) is 9.59 Å². The number of rotatable bonds is 7. The number of carbonyl (C=O) groups is 2. The predicted octanol–water partition coefficient (Wildman–Crippen LogP) is 3.50. The van der Waals surface area contributed by atoms with Crippen molar-refractivity contribution in [2.24, 2.45) is 0 Å². The summed E-state index contributed by atoms with van der Waals surface area (Å²) < 4.78 is 11.5. The molecule has 6 nitrogen and oxygen atoms in total. The average Bonchev–Trinajstić information content (AvgIpc) is 3.18. The van der Waals surface area contributed by atoms with Crippen molar-refractivity contribution in [3.63, 3.8) is 0 Å². The summed E-state index contributed by atoms with van der Waals surface area (Å²) in [4.78, 5) is 26.5. The van der Waals surface area contributed by atoms with Gasteiger partial charge >= 0.3 is 0 Å². The zero-order valence-corrected chi connectivity index (χ0v) is 17.4. The summed E-state index contributed by atoms with van der Waals surface area (Å²) in [6.45, 7) is 4.44. The number of fused-ring (bicyclic) bond motifs is 1. The Morgan fingerprint density at radius 2 is 2.07 bits per heavy atom. The lowest BCUT2D eigenvalue weighted by atomic mass is 10.00. The number of para-hydroxylation sites is 1. The summed E-state index contributed by atoms with van der Waals surface area (Å²) in [6.07, 6.45) is 3.54. The molecule has 0 aliphatic carbocycles. The SMILES string of the molecule is CC(NC(=O)c1ccccc1OCCN1CCCC1=O)c1ccc2c(c1)CCCO2. The monoisotopic (exact) mass is 408 g/mol. The van der Waals surface area contributed by atoms with E-state index in [1.165, 1.54) is 5.56 Å². The maximum absolute atomic E-state index is 12.9. The lowest BCUT2D eigenvalue weighted by Crippen LogP contribution is -2.30. The lowest BCUT2D eigenvalue weighted by Gasteiger charge is -2.21. The van der Waals surface area contributed by atoms with E-state index in [1.807, 2.05) is 36.1 Å². The molecule has 0 bridgehead atoms. The molecular formula is C24H28N2O4. The highest BCUT2D eigenvalue weighted by Crippen LogP contribution is 2.28. The molecule has 1 unspecified atom stereocenters. The average molecular weight is 408 g/mol. The minimum atomic E-state index is -0.177. The highest BCUT2D eigenvalue weighted by Gasteiger charge is 2.21. The maximum Gasteiger partial charge on any atom is 0.255 e. The van der Waals surface area contributed by atoms with Crippen LogP contribution >= 0.6 is 0 Å². The van der Waals surface area contributed by atoms with Crippen molar-refractivity contribution in [3.8, 4) is 11.5 Å². The molecular weight excluding hydrogens is 380 g/mol. The second kappa shape index (κ2) is 9.20. The van der Waals surface area contributed by atoms with Crippen LogP contribution in [0.4, 0.5) is 0 Å². The first-order chi connectivity index (χ1) is 14.6. The van der Waals surface area contributed by atoms with Crippen LogP contribution in [0.25, 0.3) is 0 Å². The van der Waals surface area contributed by atoms with Crippen molar-refractivity contribution >= 4 is 11.8 Å². The standard InChI is InChI=1S/C24H28N2O4/c1-17(18-10-11-21-19(16-18)6-5-14-29-21)25-24(28)20-7-2-3-8-22(20)30-15-13-26-12-4-9-23(26)27/h2-3,7-8,10-11,16-17H,4-6,9,12-15H2,1H3,(H,25,28). The fourth-order valence-corrected chi connectivity index (χ4v) is 3.99. The number of nitrogens with zero attached hydrogens (tertiary/aromatic N) is 1. The second-order valence-corrected chi connectivity index (χ2v) is 7.84. The van der Waals surface area contributed by atoms with Gasteiger partial charge in [0.25, 0.3) is 5.91 Å². The number of aryl methyl sites for hydroxylation is 1. The number of hydrogen-bond acceptors (Lipinski definition) is 4. The molecule has 30 heavy (non-hydrogen) atoms. The fourth-order valence-electron chi connectivity index (χ4n) is 3.99. The first-order valence-corrected chi connectivity index (χ1v) is 10.7. The van der Waals surface area contributed by atoms with Gasteiger partial charge in [0.1, 0.15) is 18.1 Å². The third-order valence-corrected chi connectivity index (χ3v) is 5.70. The third kappa shape index (κ3) is 4.58. The third-order valence-electron chi connectivity index (χ3n) is 5.70. The Labute approximate surface area is 177 Å². The largest absolute Gasteiger partial charge is 0.493 e. The topological polar surface area (TPSA) is 67.9 Å². The number of hydrogen-bond donors (Lipinski definition) is 1. The van der Waals surface area contributed by atoms with Gasteiger partial charge in [0.05, 0.1) is 24.8 Å². The molecule has 0 spiro atoms. The van der Waals surface area contributed by atoms with Gasteiger partial charge in [-0.1, -0.05) is 24.3 Å². The molecule has 2 aliphatic rings. The summed E-state index contributed by atoms with van der Waals surface area (Å²) in [7, 11) is 0. The van der Waals surface area contributed by atoms with Crippen molar-refractivity contribution < 1.29 is 19.1 Å². The number of ether oxygens (including phenoxy) is 2. The van der Waals surface area contributed by atoms with Crippen LogP contribution in [-0.2, 0) is 11.2 Å². The summed E-state index contributed by atoms with van der Waals surface area (Å²) >= 11 is 0. The van der Waals surface area contributed by atoms with Gasteiger partial charge in [-0.25, -0.2) is 0 Å². The molecule has 4 rings (SSSR count). The van der Waals surface area contributed by atoms with Crippen LogP contribution in [0.5, 0.6) is 11.5 Å². The molecule has 0 aromatic heterocycles. The molecule has 2 aliphatic heterocycles. The van der Waals surface area contributed by atoms with E-state index in [0.29, 0.717) is 30.9 Å². The van der Waals surface area contributed by atoms with Gasteiger partial charge in [0, 0.05) is 13.0 Å². The van der Waals surface area contributed by atoms with Crippen LogP contribution < -0.4 is 14.8 Å². The molecule has 2 heterocycles. The second-order valence-electron chi connectivity index (χ2n) is 7.84. The van der Waals surface area contributed by atoms with Gasteiger partial charge in [0.2, 0.25) is 5.91 Å². The summed E-state index contributed by atoms with van der Waals surface area (Å²) in [6, 6.07) is 13.2. The number of nitrogens with one attached hydrogen (secondary N) is 1. The quantitative estimate of drug-likeness (QED) is 0.761. The molecule has 0 saturated carbocycles. The van der Waals surface area contributed by atoms with Crippen molar-refractivity contribution in [1.82, 2.24) is 10.2 Å². The molecule has 6 heteroatoms. The first-order valence-electron chi connectivity index (χ1n) is 10.7. The Balaban J connectivity index is 1.39. The Hall–Kier alpha value is -3.02. The Morgan fingerprint density at radius 1 is 1.20 bits per heavy atom. The van der Waals surface area contributed by atoms with Gasteiger partial charge < -0.3 is 19.7 Å². The molecule has 158 valence electrons. The smallest absolute Gasteiger partial charge is 0.255 e. The normalized spacial score (nSPS) is 16.6. The van der Waals surface area contributed by atoms with Crippen LogP contribution in [-0.4, -0.2) is 43.0 Å². The molecule has 1 saturated heterocycles. The number of likely N-dealkylation sites (tertiary alicyclic amines) is 1. The van der Waals surface area contributed by atoms with Crippen molar-refractivity contribution in [1.29, 1.82) is 0 Å². The van der Waals surface area contributed by atoms with Gasteiger partial charge in [-0.15, -0.1) is 0 Å². The van der Waals surface area contributed by atoms with E-state index < -0.39 is 0 Å². The van der Waals surface area contributed by atoms with E-state index in [0.717, 1.165) is 43.7 Å². The van der Waals surface area contributed by atoms with E-state index in [-0.39, 0.29) is 17.9 Å². The van der Waals surface area contributed by atoms with Crippen molar-refractivity contribution in [2.75, 3.05) is 26.3 Å². The van der Waals surface area contributed by atoms with Gasteiger partial charge in [-0.05, 0) is 55.5 Å². The zero-order chi connectivity index (χ0) is 20.9. The Kier molecular flexibility index (Phi) is 6.21. The van der Waals surface area contributed by atoms with E-state index in [1.54, 1.807) is 12.1 Å². The molecule has 2 aromatic rings. The molecule has 1 fully saturated rings. The zero-order valence-electron chi connectivity index (χ0n) is 17.4. The minimum absolute atomic E-state index is 0.139. The first kappa shape index (κ1) is 20.3. The van der Waals surface area contributed by atoms with Crippen LogP contribution in [0.1, 0.15) is 53.7 Å². The van der Waals surface area contributed by atoms with Crippen LogP contribution in [0.3, 0.4) is 0 Å². The van der Waals surface area contributed by atoms with Crippen molar-refractivity contribution in [3.05, 3.63) is 59.2 Å². The highest BCUT2D eigenvalue weighted by atomic mass is 16.5. The molecule has 2 aromatic carbocycles. The van der Waals surface area contributed by atoms with Gasteiger partial charge in [-0.3, -0.25) is 9.59 Å². The van der Waals surface area contributed by atoms with E-state index in [2.05, 4.69) is 11.4 Å². The maximum atomic E-state index is 12.9. The summed E-state index contributed by atoms with van der Waals surface area (Å²) in [5.41, 5.74) is 2.75. The summed E-state index contributed by atoms with van der Waals surface area (Å²) in [5, 5.41) is 3.07. The number of amides is 2. The molecule has 2 amide bonds. The molecule has 1 atom stereocenters. The van der Waals surface area contributed by atoms with Gasteiger partial charge in [-0.2, -0.15) is 0 Å². The van der Waals surface area contributed by atoms with Crippen molar-refractivity contribution in [2.45, 2.75) is 38.6 Å². The van der Waals surface area contributed by atoms with E-state index >= 15 is 0 Å². The van der Waals surface area contributed by atoms with E-state index in [4.69, 9.17) is 9.47 Å². The van der Waals surface area contributed by atoms with Crippen LogP contribution in [0, 0.1) is 0 Å². The Morgan fingerprint density at radius 3 is 2.90 bits per heavy atom. The fraction of sp³-hybridized carbons (Fsp3) is 0.417. The highest BCUT2D eigenvalue weighted by molar-refractivity contribution is 5.97. The predicted molar refractivity (Wildman–Crippen MR) is 114 cm³/mol. The molecule has 0 radical (unpaired) electrons. The number of carbonyl (C=O) groups excluding carboxylic acids is 2.